The summed E-state index contributed by atoms with van der Waals surface area (Å²) in [5.74, 6) is 2.02. The first-order valence-corrected chi connectivity index (χ1v) is 10.9. The zero-order chi connectivity index (χ0) is 22.8. The van der Waals surface area contributed by atoms with Gasteiger partial charge in [0.25, 0.3) is 5.56 Å². The molecule has 0 spiro atoms. The molecule has 8 heteroatoms. The maximum atomic E-state index is 13.3. The van der Waals surface area contributed by atoms with Crippen LogP contribution in [0.4, 0.5) is 0 Å². The summed E-state index contributed by atoms with van der Waals surface area (Å²) >= 11 is 5.69. The number of thiocarbonyl (C=S) groups is 1. The van der Waals surface area contributed by atoms with Crippen molar-refractivity contribution in [3.05, 3.63) is 63.4 Å². The van der Waals surface area contributed by atoms with Crippen LogP contribution in [0, 0.1) is 0 Å². The fourth-order valence-corrected chi connectivity index (χ4v) is 4.63. The molecule has 0 bridgehead atoms. The Kier molecular flexibility index (Phi) is 6.23. The summed E-state index contributed by atoms with van der Waals surface area (Å²) in [6.07, 6.45) is 0.775. The highest BCUT2D eigenvalue weighted by Crippen LogP contribution is 2.40. The van der Waals surface area contributed by atoms with E-state index in [1.54, 1.807) is 21.3 Å². The number of benzene rings is 2. The van der Waals surface area contributed by atoms with Crippen LogP contribution in [0.15, 0.2) is 41.2 Å². The van der Waals surface area contributed by atoms with Crippen molar-refractivity contribution in [3.63, 3.8) is 0 Å². The molecule has 1 atom stereocenters. The van der Waals surface area contributed by atoms with E-state index >= 15 is 0 Å². The first-order chi connectivity index (χ1) is 15.5. The third kappa shape index (κ3) is 3.86. The molecule has 1 aliphatic heterocycles. The van der Waals surface area contributed by atoms with Crippen LogP contribution in [0.1, 0.15) is 29.7 Å². The Morgan fingerprint density at radius 1 is 1.09 bits per heavy atom. The summed E-state index contributed by atoms with van der Waals surface area (Å²) in [6.45, 7) is 3.38. The Hall–Kier alpha value is -3.26. The molecular formula is C24H27N3O4S. The van der Waals surface area contributed by atoms with Gasteiger partial charge in [-0.15, -0.1) is 0 Å². The van der Waals surface area contributed by atoms with Gasteiger partial charge in [0.1, 0.15) is 5.75 Å². The molecule has 7 nitrogen and oxygen atoms in total. The lowest BCUT2D eigenvalue weighted by Gasteiger charge is -2.39. The van der Waals surface area contributed by atoms with Crippen LogP contribution in [-0.2, 0) is 6.42 Å². The Balaban J connectivity index is 1.95. The number of nitrogens with one attached hydrogen (secondary N) is 2. The predicted molar refractivity (Wildman–Crippen MR) is 129 cm³/mol. The van der Waals surface area contributed by atoms with Crippen LogP contribution < -0.4 is 25.1 Å². The lowest BCUT2D eigenvalue weighted by molar-refractivity contribution is 0.323. The molecule has 0 fully saturated rings. The third-order valence-corrected chi connectivity index (χ3v) is 6.22. The second kappa shape index (κ2) is 9.08. The van der Waals surface area contributed by atoms with E-state index in [2.05, 4.69) is 15.2 Å². The Bertz CT molecular complexity index is 1220. The maximum Gasteiger partial charge on any atom is 0.254 e. The van der Waals surface area contributed by atoms with Gasteiger partial charge in [0.2, 0.25) is 0 Å². The van der Waals surface area contributed by atoms with Gasteiger partial charge in [-0.05, 0) is 73.1 Å². The van der Waals surface area contributed by atoms with Crippen molar-refractivity contribution < 1.29 is 14.2 Å². The number of H-pyrrole nitrogens is 1. The number of aromatic nitrogens is 1. The van der Waals surface area contributed by atoms with Crippen LogP contribution in [-0.4, -0.2) is 49.4 Å². The quantitative estimate of drug-likeness (QED) is 0.574. The van der Waals surface area contributed by atoms with Gasteiger partial charge >= 0.3 is 0 Å². The van der Waals surface area contributed by atoms with Crippen LogP contribution >= 0.6 is 12.2 Å². The van der Waals surface area contributed by atoms with E-state index in [-0.39, 0.29) is 11.6 Å². The van der Waals surface area contributed by atoms with E-state index in [0.29, 0.717) is 35.3 Å². The fourth-order valence-electron chi connectivity index (χ4n) is 4.28. The van der Waals surface area contributed by atoms with Gasteiger partial charge in [-0.3, -0.25) is 4.79 Å². The molecule has 1 aromatic heterocycles. The normalized spacial score (nSPS) is 15.2. The number of pyridine rings is 1. The number of rotatable bonds is 5. The SMILES string of the molecule is CCNC(=S)N1CCc2cc(OC)c(OC)cc2C1c1cc2cc(OC)ccc2[nH]c1=O. The van der Waals surface area contributed by atoms with Gasteiger partial charge in [0.15, 0.2) is 16.6 Å². The van der Waals surface area contributed by atoms with E-state index < -0.39 is 0 Å². The minimum Gasteiger partial charge on any atom is -0.497 e. The van der Waals surface area contributed by atoms with Crippen molar-refractivity contribution in [2.45, 2.75) is 19.4 Å². The first kappa shape index (κ1) is 22.0. The van der Waals surface area contributed by atoms with Gasteiger partial charge < -0.3 is 29.4 Å². The van der Waals surface area contributed by atoms with Crippen molar-refractivity contribution >= 4 is 28.2 Å². The van der Waals surface area contributed by atoms with E-state index in [0.717, 1.165) is 34.2 Å². The lowest BCUT2D eigenvalue weighted by Crippen LogP contribution is -2.47. The summed E-state index contributed by atoms with van der Waals surface area (Å²) in [5.41, 5.74) is 3.29. The van der Waals surface area contributed by atoms with Crippen molar-refractivity contribution in [3.8, 4) is 17.2 Å². The zero-order valence-corrected chi connectivity index (χ0v) is 19.5. The molecule has 0 radical (unpaired) electrons. The summed E-state index contributed by atoms with van der Waals surface area (Å²) < 4.78 is 16.4. The summed E-state index contributed by atoms with van der Waals surface area (Å²) in [4.78, 5) is 18.4. The smallest absolute Gasteiger partial charge is 0.254 e. The van der Waals surface area contributed by atoms with E-state index in [9.17, 15) is 4.79 Å². The third-order valence-electron chi connectivity index (χ3n) is 5.84. The molecule has 0 saturated heterocycles. The van der Waals surface area contributed by atoms with E-state index in [1.807, 2.05) is 43.3 Å². The van der Waals surface area contributed by atoms with E-state index in [1.165, 1.54) is 0 Å². The molecule has 3 aromatic rings. The molecule has 0 saturated carbocycles. The van der Waals surface area contributed by atoms with Gasteiger partial charge in [0, 0.05) is 29.6 Å². The molecule has 168 valence electrons. The lowest BCUT2D eigenvalue weighted by atomic mass is 9.88. The van der Waals surface area contributed by atoms with Crippen molar-refractivity contribution in [2.75, 3.05) is 34.4 Å². The second-order valence-corrected chi connectivity index (χ2v) is 7.98. The highest BCUT2D eigenvalue weighted by atomic mass is 32.1. The number of hydrogen-bond acceptors (Lipinski definition) is 5. The van der Waals surface area contributed by atoms with Gasteiger partial charge in [0.05, 0.1) is 27.4 Å². The van der Waals surface area contributed by atoms with Crippen molar-refractivity contribution in [1.29, 1.82) is 0 Å². The van der Waals surface area contributed by atoms with Crippen LogP contribution in [0.25, 0.3) is 10.9 Å². The molecule has 4 rings (SSSR count). The Labute approximate surface area is 192 Å². The van der Waals surface area contributed by atoms with Crippen LogP contribution in [0.5, 0.6) is 17.2 Å². The Morgan fingerprint density at radius 3 is 2.53 bits per heavy atom. The predicted octanol–water partition coefficient (Wildman–Crippen LogP) is 3.40. The average Bonchev–Trinajstić information content (AvgIpc) is 2.81. The highest BCUT2D eigenvalue weighted by molar-refractivity contribution is 7.80. The van der Waals surface area contributed by atoms with Crippen molar-refractivity contribution in [1.82, 2.24) is 15.2 Å². The van der Waals surface area contributed by atoms with Crippen LogP contribution in [0.2, 0.25) is 0 Å². The Morgan fingerprint density at radius 2 is 1.84 bits per heavy atom. The molecular weight excluding hydrogens is 426 g/mol. The largest absolute Gasteiger partial charge is 0.497 e. The zero-order valence-electron chi connectivity index (χ0n) is 18.7. The van der Waals surface area contributed by atoms with Gasteiger partial charge in [-0.1, -0.05) is 0 Å². The number of hydrogen-bond donors (Lipinski definition) is 2. The molecule has 32 heavy (non-hydrogen) atoms. The number of nitrogens with zero attached hydrogens (tertiary/aromatic N) is 1. The number of methoxy groups -OCH3 is 3. The second-order valence-electron chi connectivity index (χ2n) is 7.59. The van der Waals surface area contributed by atoms with E-state index in [4.69, 9.17) is 26.4 Å². The van der Waals surface area contributed by atoms with Gasteiger partial charge in [-0.25, -0.2) is 0 Å². The number of fused-ring (bicyclic) bond motifs is 2. The number of aromatic amines is 1. The molecule has 2 aromatic carbocycles. The van der Waals surface area contributed by atoms with Crippen molar-refractivity contribution in [2.24, 2.45) is 0 Å². The monoisotopic (exact) mass is 453 g/mol. The standard InChI is InChI=1S/C24H27N3O4S/c1-5-25-24(32)27-9-8-14-12-20(30-3)21(31-4)13-17(14)22(27)18-11-15-10-16(29-2)6-7-19(15)26-23(18)28/h6-7,10-13,22H,5,8-9H2,1-4H3,(H,25,32)(H,26,28). The van der Waals surface area contributed by atoms with Gasteiger partial charge in [-0.2, -0.15) is 0 Å². The molecule has 1 aliphatic rings. The highest BCUT2D eigenvalue weighted by Gasteiger charge is 2.33. The molecule has 2 heterocycles. The first-order valence-electron chi connectivity index (χ1n) is 10.5. The average molecular weight is 454 g/mol. The fraction of sp³-hybridized carbons (Fsp3) is 0.333. The summed E-state index contributed by atoms with van der Waals surface area (Å²) in [5, 5.41) is 4.74. The minimum absolute atomic E-state index is 0.153. The molecule has 2 N–H and O–H groups in total. The topological polar surface area (TPSA) is 75.8 Å². The maximum absolute atomic E-state index is 13.3. The van der Waals surface area contributed by atoms with Crippen LogP contribution in [0.3, 0.4) is 0 Å². The molecule has 0 amide bonds. The molecule has 1 unspecified atom stereocenters. The summed E-state index contributed by atoms with van der Waals surface area (Å²) in [6, 6.07) is 11.1. The minimum atomic E-state index is -0.371. The number of ether oxygens (including phenoxy) is 3. The summed E-state index contributed by atoms with van der Waals surface area (Å²) in [7, 11) is 4.86. The molecule has 0 aliphatic carbocycles.